The molecule has 0 aromatic carbocycles. The van der Waals surface area contributed by atoms with Gasteiger partial charge in [-0.25, -0.2) is 9.13 Å². The van der Waals surface area contributed by atoms with E-state index in [1.54, 1.807) is 0 Å². The van der Waals surface area contributed by atoms with E-state index in [0.717, 1.165) is 96.3 Å². The molecule has 0 spiro atoms. The molecule has 0 rings (SSSR count). The van der Waals surface area contributed by atoms with Gasteiger partial charge in [0.2, 0.25) is 0 Å². The lowest BCUT2D eigenvalue weighted by Crippen LogP contribution is -2.30. The number of aliphatic hydroxyl groups excluding tert-OH is 1. The number of carbonyl (C=O) groups is 4. The standard InChI is InChI=1S/C70H136O17P2/c1-5-9-13-17-21-25-28-30-31-32-33-35-38-41-45-49-53-57-70(75)87-66(61-81-68(73)55-51-47-43-39-37-34-29-26-22-18-14-10-6-2)63-85-89(78,79)83-59-64(71)58-82-88(76,77)84-62-65(60-80-67(72)54-50-46-42-24-20-16-12-8-4)86-69(74)56-52-48-44-40-36-27-23-19-15-11-7-3/h64-66,71H,5-63H2,1-4H3,(H,76,77)(H,78,79)/t64-,65+,66+/m0/s1. The molecule has 2 unspecified atom stereocenters. The predicted octanol–water partition coefficient (Wildman–Crippen LogP) is 20.3. The van der Waals surface area contributed by atoms with E-state index in [4.69, 9.17) is 37.0 Å². The molecule has 0 aromatic heterocycles. The third-order valence-corrected chi connectivity index (χ3v) is 18.3. The molecule has 89 heavy (non-hydrogen) atoms. The first-order valence-electron chi connectivity index (χ1n) is 36.8. The Bertz CT molecular complexity index is 1710. The minimum atomic E-state index is -4.95. The molecular weight excluding hydrogens is 1170 g/mol. The van der Waals surface area contributed by atoms with Crippen molar-refractivity contribution in [3.05, 3.63) is 0 Å². The number of unbranched alkanes of at least 4 members (excludes halogenated alkanes) is 45. The van der Waals surface area contributed by atoms with Crippen molar-refractivity contribution in [2.24, 2.45) is 0 Å². The highest BCUT2D eigenvalue weighted by molar-refractivity contribution is 7.47. The number of ether oxygens (including phenoxy) is 4. The summed E-state index contributed by atoms with van der Waals surface area (Å²) in [5.41, 5.74) is 0. The van der Waals surface area contributed by atoms with E-state index in [-0.39, 0.29) is 25.7 Å². The average Bonchev–Trinajstić information content (AvgIpc) is 3.58. The van der Waals surface area contributed by atoms with E-state index in [2.05, 4.69) is 27.7 Å². The highest BCUT2D eigenvalue weighted by Gasteiger charge is 2.30. The third-order valence-electron chi connectivity index (χ3n) is 16.4. The molecule has 528 valence electrons. The lowest BCUT2D eigenvalue weighted by atomic mass is 10.0. The van der Waals surface area contributed by atoms with Crippen molar-refractivity contribution >= 4 is 39.5 Å². The van der Waals surface area contributed by atoms with Gasteiger partial charge in [0.05, 0.1) is 26.4 Å². The Labute approximate surface area is 543 Å². The SMILES string of the molecule is CCCCCCCCCCCCCCCCCCCC(=O)O[C@H](COC(=O)CCCCCCCCCCCCCCC)COP(=O)(O)OC[C@@H](O)COP(=O)(O)OC[C@@H](COC(=O)CCCCCCCCCC)OC(=O)CCCCCCCCCCCCC. The second-order valence-corrected chi connectivity index (χ2v) is 28.2. The van der Waals surface area contributed by atoms with Crippen LogP contribution in [0.25, 0.3) is 0 Å². The number of esters is 4. The molecule has 0 aliphatic heterocycles. The van der Waals surface area contributed by atoms with E-state index in [1.165, 1.54) is 193 Å². The van der Waals surface area contributed by atoms with Crippen LogP contribution < -0.4 is 0 Å². The smallest absolute Gasteiger partial charge is 0.462 e. The molecule has 0 radical (unpaired) electrons. The summed E-state index contributed by atoms with van der Waals surface area (Å²) in [6, 6.07) is 0. The Morgan fingerprint density at radius 3 is 0.663 bits per heavy atom. The van der Waals surface area contributed by atoms with Crippen LogP contribution in [0.2, 0.25) is 0 Å². The Balaban J connectivity index is 5.21. The minimum absolute atomic E-state index is 0.107. The molecule has 0 saturated carbocycles. The van der Waals surface area contributed by atoms with Crippen LogP contribution in [0.4, 0.5) is 0 Å². The zero-order valence-electron chi connectivity index (χ0n) is 57.4. The lowest BCUT2D eigenvalue weighted by molar-refractivity contribution is -0.161. The monoisotopic (exact) mass is 1310 g/mol. The predicted molar refractivity (Wildman–Crippen MR) is 359 cm³/mol. The number of hydrogen-bond acceptors (Lipinski definition) is 15. The first-order chi connectivity index (χ1) is 43.2. The van der Waals surface area contributed by atoms with Gasteiger partial charge in [-0.3, -0.25) is 37.3 Å². The van der Waals surface area contributed by atoms with Crippen LogP contribution in [0.1, 0.15) is 368 Å². The second kappa shape index (κ2) is 64.8. The summed E-state index contributed by atoms with van der Waals surface area (Å²) in [5, 5.41) is 10.6. The van der Waals surface area contributed by atoms with E-state index in [0.29, 0.717) is 25.7 Å². The molecule has 0 heterocycles. The van der Waals surface area contributed by atoms with E-state index >= 15 is 0 Å². The van der Waals surface area contributed by atoms with Crippen LogP contribution in [0.3, 0.4) is 0 Å². The van der Waals surface area contributed by atoms with Gasteiger partial charge in [0.1, 0.15) is 19.3 Å². The van der Waals surface area contributed by atoms with Crippen molar-refractivity contribution in [1.29, 1.82) is 0 Å². The van der Waals surface area contributed by atoms with Gasteiger partial charge in [-0.05, 0) is 25.7 Å². The quantitative estimate of drug-likeness (QED) is 0.0222. The highest BCUT2D eigenvalue weighted by atomic mass is 31.2. The summed E-state index contributed by atoms with van der Waals surface area (Å²) in [6.07, 6.45) is 52.6. The topological polar surface area (TPSA) is 237 Å². The largest absolute Gasteiger partial charge is 0.472 e. The number of phosphoric acid groups is 2. The fourth-order valence-corrected chi connectivity index (χ4v) is 12.3. The minimum Gasteiger partial charge on any atom is -0.462 e. The van der Waals surface area contributed by atoms with Gasteiger partial charge in [-0.1, -0.05) is 317 Å². The van der Waals surface area contributed by atoms with Gasteiger partial charge in [0.15, 0.2) is 12.2 Å². The summed E-state index contributed by atoms with van der Waals surface area (Å²) in [7, 11) is -9.89. The maximum atomic E-state index is 13.0. The molecule has 17 nitrogen and oxygen atoms in total. The molecule has 0 aliphatic rings. The van der Waals surface area contributed by atoms with Crippen LogP contribution >= 0.6 is 15.6 Å². The number of phosphoric ester groups is 2. The number of rotatable bonds is 71. The summed E-state index contributed by atoms with van der Waals surface area (Å²) < 4.78 is 68.2. The normalized spacial score (nSPS) is 14.0. The van der Waals surface area contributed by atoms with Crippen LogP contribution in [-0.4, -0.2) is 96.7 Å². The van der Waals surface area contributed by atoms with Gasteiger partial charge in [0, 0.05) is 25.7 Å². The Kier molecular flexibility index (Phi) is 63.3. The Morgan fingerprint density at radius 1 is 0.270 bits per heavy atom. The summed E-state index contributed by atoms with van der Waals surface area (Å²) in [5.74, 6) is -2.12. The first kappa shape index (κ1) is 87.1. The fraction of sp³-hybridized carbons (Fsp3) is 0.943. The van der Waals surface area contributed by atoms with E-state index in [9.17, 15) is 43.2 Å². The third kappa shape index (κ3) is 64.6. The molecule has 0 fully saturated rings. The summed E-state index contributed by atoms with van der Waals surface area (Å²) in [4.78, 5) is 72.4. The van der Waals surface area contributed by atoms with Crippen LogP contribution in [0.15, 0.2) is 0 Å². The summed E-state index contributed by atoms with van der Waals surface area (Å²) in [6.45, 7) is 4.92. The Morgan fingerprint density at radius 2 is 0.449 bits per heavy atom. The van der Waals surface area contributed by atoms with Crippen molar-refractivity contribution in [3.8, 4) is 0 Å². The maximum Gasteiger partial charge on any atom is 0.472 e. The van der Waals surface area contributed by atoms with Gasteiger partial charge < -0.3 is 33.8 Å². The highest BCUT2D eigenvalue weighted by Crippen LogP contribution is 2.45. The molecular formula is C70H136O17P2. The Hall–Kier alpha value is -1.94. The second-order valence-electron chi connectivity index (χ2n) is 25.3. The van der Waals surface area contributed by atoms with Crippen molar-refractivity contribution in [3.63, 3.8) is 0 Å². The van der Waals surface area contributed by atoms with Crippen LogP contribution in [0, 0.1) is 0 Å². The van der Waals surface area contributed by atoms with Gasteiger partial charge in [-0.15, -0.1) is 0 Å². The van der Waals surface area contributed by atoms with Gasteiger partial charge >= 0.3 is 39.5 Å². The van der Waals surface area contributed by atoms with Crippen molar-refractivity contribution in [1.82, 2.24) is 0 Å². The lowest BCUT2D eigenvalue weighted by Gasteiger charge is -2.21. The molecule has 3 N–H and O–H groups in total. The maximum absolute atomic E-state index is 13.0. The molecule has 0 bridgehead atoms. The summed E-state index contributed by atoms with van der Waals surface area (Å²) >= 11 is 0. The van der Waals surface area contributed by atoms with Crippen molar-refractivity contribution < 1.29 is 80.2 Å². The number of hydrogen-bond donors (Lipinski definition) is 3. The van der Waals surface area contributed by atoms with Crippen LogP contribution in [-0.2, 0) is 65.4 Å². The first-order valence-corrected chi connectivity index (χ1v) is 39.8. The molecule has 0 amide bonds. The molecule has 0 saturated heterocycles. The fourth-order valence-electron chi connectivity index (χ4n) is 10.7. The zero-order valence-corrected chi connectivity index (χ0v) is 59.2. The van der Waals surface area contributed by atoms with E-state index in [1.807, 2.05) is 0 Å². The molecule has 0 aliphatic carbocycles. The zero-order chi connectivity index (χ0) is 65.4. The number of carbonyl (C=O) groups excluding carboxylic acids is 4. The average molecular weight is 1310 g/mol. The van der Waals surface area contributed by atoms with Crippen molar-refractivity contribution in [2.75, 3.05) is 39.6 Å². The molecule has 0 aromatic rings. The van der Waals surface area contributed by atoms with Gasteiger partial charge in [0.25, 0.3) is 0 Å². The molecule has 5 atom stereocenters. The van der Waals surface area contributed by atoms with Gasteiger partial charge in [-0.2, -0.15) is 0 Å². The van der Waals surface area contributed by atoms with Crippen molar-refractivity contribution in [2.45, 2.75) is 386 Å². The van der Waals surface area contributed by atoms with E-state index < -0.39 is 97.5 Å². The molecule has 19 heteroatoms. The number of aliphatic hydroxyl groups is 1. The van der Waals surface area contributed by atoms with Crippen LogP contribution in [0.5, 0.6) is 0 Å².